The van der Waals surface area contributed by atoms with Gasteiger partial charge < -0.3 is 5.11 Å². The van der Waals surface area contributed by atoms with Gasteiger partial charge in [-0.1, -0.05) is 95.5 Å². The van der Waals surface area contributed by atoms with Crippen molar-refractivity contribution >= 4 is 64.1 Å². The number of hydrazine groups is 1. The highest BCUT2D eigenvalue weighted by molar-refractivity contribution is 6.33. The minimum Gasteiger partial charge on any atom is -0.507 e. The number of halogens is 5. The highest BCUT2D eigenvalue weighted by Gasteiger charge is 2.70. The van der Waals surface area contributed by atoms with Gasteiger partial charge in [0.2, 0.25) is 11.8 Å². The van der Waals surface area contributed by atoms with Crippen LogP contribution in [-0.4, -0.2) is 44.5 Å². The van der Waals surface area contributed by atoms with E-state index in [1.807, 2.05) is 6.08 Å². The van der Waals surface area contributed by atoms with E-state index in [1.54, 1.807) is 104 Å². The third kappa shape index (κ3) is 6.23. The average molecular weight is 866 g/mol. The third-order valence-electron chi connectivity index (χ3n) is 12.6. The van der Waals surface area contributed by atoms with Crippen LogP contribution in [0.15, 0.2) is 121 Å². The predicted molar refractivity (Wildman–Crippen MR) is 219 cm³/mol. The largest absolute Gasteiger partial charge is 0.507 e. The number of phenols is 1. The molecule has 3 heterocycles. The zero-order chi connectivity index (χ0) is 43.1. The SMILES string of the molecule is Cc1cccc(C2C3=CCC4C(=O)N(c5ccc(C(=O)c6ccccc6)cc5)C(=O)C4C3CC3C(=O)N(Nc4ncc(C(F)(F)F)cc4Cl)C(=O)C32c2ccc(Cl)cc2)c1O. The highest BCUT2D eigenvalue weighted by Crippen LogP contribution is 2.65. The fourth-order valence-corrected chi connectivity index (χ4v) is 10.1. The number of anilines is 2. The summed E-state index contributed by atoms with van der Waals surface area (Å²) in [6.45, 7) is 1.68. The van der Waals surface area contributed by atoms with Crippen molar-refractivity contribution in [1.82, 2.24) is 9.99 Å². The van der Waals surface area contributed by atoms with Gasteiger partial charge in [-0.15, -0.1) is 0 Å². The summed E-state index contributed by atoms with van der Waals surface area (Å²) in [4.78, 5) is 77.4. The molecule has 10 nitrogen and oxygen atoms in total. The van der Waals surface area contributed by atoms with Crippen molar-refractivity contribution in [1.29, 1.82) is 0 Å². The Morgan fingerprint density at radius 2 is 1.54 bits per heavy atom. The van der Waals surface area contributed by atoms with E-state index >= 15 is 4.79 Å². The van der Waals surface area contributed by atoms with E-state index in [4.69, 9.17) is 23.2 Å². The number of carbonyl (C=O) groups excluding carboxylic acids is 5. The number of fused-ring (bicyclic) bond motifs is 4. The predicted octanol–water partition coefficient (Wildman–Crippen LogP) is 8.84. The summed E-state index contributed by atoms with van der Waals surface area (Å²) < 4.78 is 40.6. The van der Waals surface area contributed by atoms with Crippen LogP contribution in [0.4, 0.5) is 24.7 Å². The molecule has 4 aliphatic rings. The number of alkyl halides is 3. The number of hydrogen-bond acceptors (Lipinski definition) is 8. The first-order valence-electron chi connectivity index (χ1n) is 19.3. The van der Waals surface area contributed by atoms with Crippen LogP contribution in [0.5, 0.6) is 5.75 Å². The first kappa shape index (κ1) is 40.1. The maximum atomic E-state index is 15.4. The summed E-state index contributed by atoms with van der Waals surface area (Å²) >= 11 is 12.6. The number of aryl methyl sites for hydroxylation is 1. The number of para-hydroxylation sites is 1. The van der Waals surface area contributed by atoms with Gasteiger partial charge in [-0.25, -0.2) is 4.98 Å². The standard InChI is InChI=1S/C46H33Cl2F3N4O6/c1-23-6-5-9-32(38(23)56)37-30-18-19-31-36(43(60)54(41(31)58)29-16-10-25(11-17-29)39(57)24-7-3-2-4-8-24)33(30)21-34-42(59)55(44(61)45(34,37)26-12-14-28(47)15-13-26)53-40-35(48)20-27(22-52-40)46(49,50)51/h2-18,20,22,31,33-34,36-37,56H,19,21H2,1H3,(H,52,53). The molecule has 6 atom stereocenters. The van der Waals surface area contributed by atoms with Gasteiger partial charge in [-0.2, -0.15) is 18.2 Å². The molecule has 1 aromatic heterocycles. The van der Waals surface area contributed by atoms with Crippen LogP contribution in [0.3, 0.4) is 0 Å². The molecule has 2 aliphatic heterocycles. The van der Waals surface area contributed by atoms with E-state index in [1.165, 1.54) is 0 Å². The molecule has 308 valence electrons. The van der Waals surface area contributed by atoms with Crippen molar-refractivity contribution < 1.29 is 42.3 Å². The van der Waals surface area contributed by atoms with Gasteiger partial charge in [0.1, 0.15) is 5.75 Å². The minimum absolute atomic E-state index is 0.0990. The Kier molecular flexibility index (Phi) is 9.67. The molecular weight excluding hydrogens is 832 g/mol. The van der Waals surface area contributed by atoms with E-state index in [2.05, 4.69) is 10.4 Å². The maximum Gasteiger partial charge on any atom is 0.417 e. The molecule has 4 aromatic carbocycles. The van der Waals surface area contributed by atoms with E-state index in [0.717, 1.165) is 4.90 Å². The zero-order valence-electron chi connectivity index (χ0n) is 32.0. The molecule has 6 unspecified atom stereocenters. The van der Waals surface area contributed by atoms with Crippen LogP contribution in [0.25, 0.3) is 0 Å². The molecule has 1 saturated carbocycles. The summed E-state index contributed by atoms with van der Waals surface area (Å²) in [5.41, 5.74) is 2.41. The Morgan fingerprint density at radius 1 is 0.852 bits per heavy atom. The smallest absolute Gasteiger partial charge is 0.417 e. The quantitative estimate of drug-likeness (QED) is 0.0942. The van der Waals surface area contributed by atoms with Crippen molar-refractivity contribution in [2.45, 2.75) is 37.3 Å². The molecule has 9 rings (SSSR count). The Morgan fingerprint density at radius 3 is 2.21 bits per heavy atom. The molecule has 4 amide bonds. The van der Waals surface area contributed by atoms with E-state index < -0.39 is 81.2 Å². The van der Waals surface area contributed by atoms with Crippen LogP contribution >= 0.6 is 23.2 Å². The summed E-state index contributed by atoms with van der Waals surface area (Å²) in [6, 6.07) is 26.8. The van der Waals surface area contributed by atoms with E-state index in [9.17, 15) is 37.5 Å². The molecule has 2 N–H and O–H groups in total. The number of hydrogen-bond donors (Lipinski definition) is 2. The minimum atomic E-state index is -4.77. The van der Waals surface area contributed by atoms with Gasteiger partial charge in [-0.05, 0) is 79.3 Å². The second-order valence-electron chi connectivity index (χ2n) is 15.7. The van der Waals surface area contributed by atoms with Gasteiger partial charge >= 0.3 is 6.18 Å². The number of aromatic nitrogens is 1. The van der Waals surface area contributed by atoms with Crippen LogP contribution in [0.1, 0.15) is 56.9 Å². The first-order chi connectivity index (χ1) is 29.1. The van der Waals surface area contributed by atoms with E-state index in [0.29, 0.717) is 50.1 Å². The highest BCUT2D eigenvalue weighted by atomic mass is 35.5. The fraction of sp³-hybridized carbons (Fsp3) is 0.217. The lowest BCUT2D eigenvalue weighted by Gasteiger charge is -2.50. The van der Waals surface area contributed by atoms with Gasteiger partial charge in [0.15, 0.2) is 11.6 Å². The lowest BCUT2D eigenvalue weighted by Crippen LogP contribution is -2.53. The normalized spacial score (nSPS) is 24.6. The van der Waals surface area contributed by atoms with Gasteiger partial charge in [-0.3, -0.25) is 34.3 Å². The number of carbonyl (C=O) groups is 5. The first-order valence-corrected chi connectivity index (χ1v) is 20.1. The Bertz CT molecular complexity index is 2710. The maximum absolute atomic E-state index is 15.4. The summed E-state index contributed by atoms with van der Waals surface area (Å²) in [5, 5.41) is 12.3. The van der Waals surface area contributed by atoms with Crippen molar-refractivity contribution in [2.75, 3.05) is 10.3 Å². The lowest BCUT2D eigenvalue weighted by molar-refractivity contribution is -0.139. The molecule has 61 heavy (non-hydrogen) atoms. The number of allylic oxidation sites excluding steroid dienone is 2. The number of amides is 4. The number of rotatable bonds is 7. The third-order valence-corrected chi connectivity index (χ3v) is 13.1. The Hall–Kier alpha value is -6.31. The number of aromatic hydroxyl groups is 1. The second kappa shape index (κ2) is 14.7. The molecule has 0 radical (unpaired) electrons. The Labute approximate surface area is 356 Å². The number of ketones is 1. The van der Waals surface area contributed by atoms with Gasteiger partial charge in [0.25, 0.3) is 11.8 Å². The van der Waals surface area contributed by atoms with Gasteiger partial charge in [0, 0.05) is 33.8 Å². The van der Waals surface area contributed by atoms with Crippen molar-refractivity contribution in [2.24, 2.45) is 23.7 Å². The number of phenolic OH excluding ortho intramolecular Hbond substituents is 1. The molecule has 0 bridgehead atoms. The van der Waals surface area contributed by atoms with E-state index in [-0.39, 0.29) is 35.6 Å². The summed E-state index contributed by atoms with van der Waals surface area (Å²) in [6.07, 6.45) is -2.43. The number of benzene rings is 4. The number of nitrogens with one attached hydrogen (secondary N) is 1. The van der Waals surface area contributed by atoms with Crippen LogP contribution < -0.4 is 10.3 Å². The molecular formula is C46H33Cl2F3N4O6. The topological polar surface area (TPSA) is 137 Å². The number of imide groups is 2. The van der Waals surface area contributed by atoms with Crippen molar-refractivity contribution in [3.05, 3.63) is 164 Å². The molecule has 5 aromatic rings. The van der Waals surface area contributed by atoms with Crippen LogP contribution in [0, 0.1) is 30.6 Å². The molecule has 2 saturated heterocycles. The number of nitrogens with zero attached hydrogens (tertiary/aromatic N) is 3. The lowest BCUT2D eigenvalue weighted by atomic mass is 9.49. The van der Waals surface area contributed by atoms with Crippen LogP contribution in [-0.2, 0) is 30.8 Å². The second-order valence-corrected chi connectivity index (χ2v) is 16.5. The summed E-state index contributed by atoms with van der Waals surface area (Å²) in [5.74, 6) is -8.32. The van der Waals surface area contributed by atoms with Crippen molar-refractivity contribution in [3.8, 4) is 5.75 Å². The average Bonchev–Trinajstić information content (AvgIpc) is 3.63. The molecule has 0 spiro atoms. The monoisotopic (exact) mass is 864 g/mol. The zero-order valence-corrected chi connectivity index (χ0v) is 33.5. The van der Waals surface area contributed by atoms with Gasteiger partial charge in [0.05, 0.1) is 39.4 Å². The fourth-order valence-electron chi connectivity index (χ4n) is 9.81. The summed E-state index contributed by atoms with van der Waals surface area (Å²) in [7, 11) is 0. The van der Waals surface area contributed by atoms with Crippen LogP contribution in [0.2, 0.25) is 10.0 Å². The van der Waals surface area contributed by atoms with Crippen molar-refractivity contribution in [3.63, 3.8) is 0 Å². The number of pyridine rings is 1. The molecule has 15 heteroatoms. The molecule has 3 fully saturated rings. The molecule has 2 aliphatic carbocycles. The Balaban J connectivity index is 1.16.